The van der Waals surface area contributed by atoms with Gasteiger partial charge in [0.2, 0.25) is 0 Å². The summed E-state index contributed by atoms with van der Waals surface area (Å²) in [6.07, 6.45) is 4.44. The number of nitro groups is 1. The Morgan fingerprint density at radius 2 is 2.17 bits per heavy atom. The molecule has 1 aromatic carbocycles. The molecular formula is C13H17FN2O2. The van der Waals surface area contributed by atoms with E-state index in [1.54, 1.807) is 0 Å². The summed E-state index contributed by atoms with van der Waals surface area (Å²) >= 11 is 0. The monoisotopic (exact) mass is 252 g/mol. The summed E-state index contributed by atoms with van der Waals surface area (Å²) in [6.45, 7) is 2.20. The van der Waals surface area contributed by atoms with Crippen LogP contribution in [0.3, 0.4) is 0 Å². The van der Waals surface area contributed by atoms with Crippen LogP contribution in [0.1, 0.15) is 32.6 Å². The van der Waals surface area contributed by atoms with Gasteiger partial charge in [-0.2, -0.15) is 0 Å². The van der Waals surface area contributed by atoms with Crippen molar-refractivity contribution in [3.05, 3.63) is 34.1 Å². The fourth-order valence-electron chi connectivity index (χ4n) is 2.56. The quantitative estimate of drug-likeness (QED) is 0.658. The van der Waals surface area contributed by atoms with E-state index in [0.29, 0.717) is 11.6 Å². The van der Waals surface area contributed by atoms with Gasteiger partial charge in [0, 0.05) is 17.8 Å². The SMILES string of the molecule is CC1CCCC(Nc2cc(F)cc([N+](=O)[O-])c2)C1. The summed E-state index contributed by atoms with van der Waals surface area (Å²) in [4.78, 5) is 10.1. The molecule has 1 fully saturated rings. The molecule has 1 aliphatic carbocycles. The van der Waals surface area contributed by atoms with Gasteiger partial charge in [-0.1, -0.05) is 19.8 Å². The van der Waals surface area contributed by atoms with E-state index in [0.717, 1.165) is 25.3 Å². The highest BCUT2D eigenvalue weighted by molar-refractivity contribution is 5.52. The zero-order chi connectivity index (χ0) is 13.1. The molecule has 2 unspecified atom stereocenters. The van der Waals surface area contributed by atoms with E-state index in [1.807, 2.05) is 0 Å². The van der Waals surface area contributed by atoms with Crippen molar-refractivity contribution in [1.82, 2.24) is 0 Å². The minimum atomic E-state index is -0.574. The standard InChI is InChI=1S/C13H17FN2O2/c1-9-3-2-4-11(5-9)15-12-6-10(14)7-13(8-12)16(17)18/h6-9,11,15H,2-5H2,1H3. The van der Waals surface area contributed by atoms with E-state index in [-0.39, 0.29) is 11.7 Å². The molecule has 5 heteroatoms. The number of nitrogens with one attached hydrogen (secondary N) is 1. The van der Waals surface area contributed by atoms with Crippen molar-refractivity contribution in [2.75, 3.05) is 5.32 Å². The van der Waals surface area contributed by atoms with Gasteiger partial charge in [0.05, 0.1) is 11.0 Å². The zero-order valence-corrected chi connectivity index (χ0v) is 10.4. The average Bonchev–Trinajstić information content (AvgIpc) is 2.28. The predicted molar refractivity (Wildman–Crippen MR) is 68.1 cm³/mol. The summed E-state index contributed by atoms with van der Waals surface area (Å²) < 4.78 is 13.3. The molecule has 1 saturated carbocycles. The van der Waals surface area contributed by atoms with Crippen LogP contribution < -0.4 is 5.32 Å². The van der Waals surface area contributed by atoms with Crippen molar-refractivity contribution in [1.29, 1.82) is 0 Å². The van der Waals surface area contributed by atoms with Crippen LogP contribution in [0.15, 0.2) is 18.2 Å². The number of halogens is 1. The number of anilines is 1. The lowest BCUT2D eigenvalue weighted by molar-refractivity contribution is -0.385. The normalized spacial score (nSPS) is 23.7. The number of benzene rings is 1. The van der Waals surface area contributed by atoms with Crippen LogP contribution in [0, 0.1) is 21.8 Å². The maximum Gasteiger partial charge on any atom is 0.274 e. The topological polar surface area (TPSA) is 55.2 Å². The Hall–Kier alpha value is -1.65. The zero-order valence-electron chi connectivity index (χ0n) is 10.4. The average molecular weight is 252 g/mol. The minimum Gasteiger partial charge on any atom is -0.382 e. The summed E-state index contributed by atoms with van der Waals surface area (Å²) in [5.41, 5.74) is 0.294. The van der Waals surface area contributed by atoms with Gasteiger partial charge in [-0.25, -0.2) is 4.39 Å². The molecule has 2 rings (SSSR count). The molecule has 0 amide bonds. The molecular weight excluding hydrogens is 235 g/mol. The van der Waals surface area contributed by atoms with Crippen LogP contribution in [0.5, 0.6) is 0 Å². The van der Waals surface area contributed by atoms with Gasteiger partial charge >= 0.3 is 0 Å². The first-order chi connectivity index (χ1) is 8.54. The molecule has 1 aromatic rings. The number of rotatable bonds is 3. The van der Waals surface area contributed by atoms with E-state index >= 15 is 0 Å². The summed E-state index contributed by atoms with van der Waals surface area (Å²) in [6, 6.07) is 3.93. The fraction of sp³-hybridized carbons (Fsp3) is 0.538. The molecule has 18 heavy (non-hydrogen) atoms. The molecule has 0 heterocycles. The summed E-state index contributed by atoms with van der Waals surface area (Å²) in [5.74, 6) is 0.0790. The predicted octanol–water partition coefficient (Wildman–Crippen LogP) is 3.72. The first-order valence-electron chi connectivity index (χ1n) is 6.26. The molecule has 1 aliphatic rings. The second-order valence-electron chi connectivity index (χ2n) is 5.07. The van der Waals surface area contributed by atoms with Crippen molar-refractivity contribution in [2.24, 2.45) is 5.92 Å². The Morgan fingerprint density at radius 1 is 1.39 bits per heavy atom. The van der Waals surface area contributed by atoms with Crippen molar-refractivity contribution in [3.8, 4) is 0 Å². The van der Waals surface area contributed by atoms with Gasteiger partial charge in [-0.15, -0.1) is 0 Å². The van der Waals surface area contributed by atoms with Crippen LogP contribution in [0.25, 0.3) is 0 Å². The van der Waals surface area contributed by atoms with Crippen molar-refractivity contribution < 1.29 is 9.31 Å². The van der Waals surface area contributed by atoms with E-state index in [9.17, 15) is 14.5 Å². The van der Waals surface area contributed by atoms with E-state index in [2.05, 4.69) is 12.2 Å². The van der Waals surface area contributed by atoms with Crippen molar-refractivity contribution in [2.45, 2.75) is 38.6 Å². The lowest BCUT2D eigenvalue weighted by Gasteiger charge is -2.28. The molecule has 1 N–H and O–H groups in total. The molecule has 0 spiro atoms. The van der Waals surface area contributed by atoms with E-state index in [1.165, 1.54) is 18.6 Å². The molecule has 0 aromatic heterocycles. The second-order valence-corrected chi connectivity index (χ2v) is 5.07. The smallest absolute Gasteiger partial charge is 0.274 e. The molecule has 98 valence electrons. The number of nitrogens with zero attached hydrogens (tertiary/aromatic N) is 1. The first kappa shape index (κ1) is 12.8. The molecule has 0 aliphatic heterocycles. The lowest BCUT2D eigenvalue weighted by atomic mass is 9.87. The van der Waals surface area contributed by atoms with Crippen LogP contribution in [-0.2, 0) is 0 Å². The number of non-ortho nitro benzene ring substituents is 1. The molecule has 4 nitrogen and oxygen atoms in total. The maximum atomic E-state index is 13.3. The van der Waals surface area contributed by atoms with Crippen molar-refractivity contribution >= 4 is 11.4 Å². The van der Waals surface area contributed by atoms with Gasteiger partial charge in [0.1, 0.15) is 5.82 Å². The van der Waals surface area contributed by atoms with Crippen LogP contribution >= 0.6 is 0 Å². The van der Waals surface area contributed by atoms with Gasteiger partial charge in [-0.05, 0) is 24.8 Å². The second kappa shape index (κ2) is 5.33. The van der Waals surface area contributed by atoms with Crippen LogP contribution in [0.2, 0.25) is 0 Å². The minimum absolute atomic E-state index is 0.207. The van der Waals surface area contributed by atoms with Gasteiger partial charge in [-0.3, -0.25) is 10.1 Å². The Balaban J connectivity index is 2.10. The van der Waals surface area contributed by atoms with Crippen molar-refractivity contribution in [3.63, 3.8) is 0 Å². The highest BCUT2D eigenvalue weighted by Crippen LogP contribution is 2.27. The van der Waals surface area contributed by atoms with Crippen LogP contribution in [-0.4, -0.2) is 11.0 Å². The summed E-state index contributed by atoms with van der Waals surface area (Å²) in [7, 11) is 0. The number of hydrogen-bond donors (Lipinski definition) is 1. The first-order valence-corrected chi connectivity index (χ1v) is 6.26. The highest BCUT2D eigenvalue weighted by atomic mass is 19.1. The van der Waals surface area contributed by atoms with Gasteiger partial charge in [0.25, 0.3) is 5.69 Å². The Labute approximate surface area is 105 Å². The fourth-order valence-corrected chi connectivity index (χ4v) is 2.56. The van der Waals surface area contributed by atoms with E-state index in [4.69, 9.17) is 0 Å². The largest absolute Gasteiger partial charge is 0.382 e. The molecule has 0 radical (unpaired) electrons. The number of nitro benzene ring substituents is 1. The molecule has 2 atom stereocenters. The Bertz CT molecular complexity index is 451. The van der Waals surface area contributed by atoms with Crippen LogP contribution in [0.4, 0.5) is 15.8 Å². The van der Waals surface area contributed by atoms with E-state index < -0.39 is 10.7 Å². The molecule has 0 saturated heterocycles. The maximum absolute atomic E-state index is 13.3. The number of hydrogen-bond acceptors (Lipinski definition) is 3. The molecule has 0 bridgehead atoms. The third kappa shape index (κ3) is 3.18. The van der Waals surface area contributed by atoms with Gasteiger partial charge < -0.3 is 5.32 Å². The summed E-state index contributed by atoms with van der Waals surface area (Å²) in [5, 5.41) is 13.9. The highest BCUT2D eigenvalue weighted by Gasteiger charge is 2.19. The Kier molecular flexibility index (Phi) is 3.79. The Morgan fingerprint density at radius 3 is 2.83 bits per heavy atom. The van der Waals surface area contributed by atoms with Gasteiger partial charge in [0.15, 0.2) is 0 Å². The third-order valence-electron chi connectivity index (χ3n) is 3.40. The lowest BCUT2D eigenvalue weighted by Crippen LogP contribution is -2.26. The third-order valence-corrected chi connectivity index (χ3v) is 3.40.